The van der Waals surface area contributed by atoms with E-state index in [0.29, 0.717) is 0 Å². The van der Waals surface area contributed by atoms with Crippen molar-refractivity contribution in [2.45, 2.75) is 51.2 Å². The predicted octanol–water partition coefficient (Wildman–Crippen LogP) is 2.63. The molecule has 2 nitrogen and oxygen atoms in total. The monoisotopic (exact) mass is 223 g/mol. The summed E-state index contributed by atoms with van der Waals surface area (Å²) in [5, 5.41) is 2.47. The zero-order valence-electron chi connectivity index (χ0n) is 8.73. The number of nitrogens with one attached hydrogen (secondary N) is 1. The second-order valence-electron chi connectivity index (χ2n) is 4.23. The molecule has 1 saturated carbocycles. The number of carbonyl (C=O) groups is 1. The number of alkyl halides is 3. The first-order valence-corrected chi connectivity index (χ1v) is 5.24. The molecular formula is C10H16F3NO. The van der Waals surface area contributed by atoms with Gasteiger partial charge in [0.05, 0.1) is 0 Å². The van der Waals surface area contributed by atoms with Crippen molar-refractivity contribution in [3.8, 4) is 0 Å². The SMILES string of the molecule is C[C@@H]1CCCC[C@@H]1NC(=O)CC(F)(F)F. The third-order valence-electron chi connectivity index (χ3n) is 2.82. The fourth-order valence-corrected chi connectivity index (χ4v) is 1.97. The van der Waals surface area contributed by atoms with Crippen molar-refractivity contribution in [1.82, 2.24) is 5.32 Å². The van der Waals surface area contributed by atoms with Crippen molar-refractivity contribution in [3.63, 3.8) is 0 Å². The summed E-state index contributed by atoms with van der Waals surface area (Å²) in [6, 6.07) is -0.0754. The highest BCUT2D eigenvalue weighted by atomic mass is 19.4. The number of rotatable bonds is 2. The molecule has 0 radical (unpaired) electrons. The molecule has 0 aromatic heterocycles. The van der Waals surface area contributed by atoms with Crippen LogP contribution in [-0.2, 0) is 4.79 Å². The number of amides is 1. The van der Waals surface area contributed by atoms with Crippen LogP contribution in [0.25, 0.3) is 0 Å². The topological polar surface area (TPSA) is 29.1 Å². The Kier molecular flexibility index (Phi) is 3.99. The fraction of sp³-hybridized carbons (Fsp3) is 0.900. The first-order valence-electron chi connectivity index (χ1n) is 5.24. The predicted molar refractivity (Wildman–Crippen MR) is 50.2 cm³/mol. The molecule has 1 aliphatic rings. The molecule has 0 heterocycles. The van der Waals surface area contributed by atoms with Crippen LogP contribution >= 0.6 is 0 Å². The highest BCUT2D eigenvalue weighted by Gasteiger charge is 2.33. The minimum atomic E-state index is -4.40. The maximum Gasteiger partial charge on any atom is 0.397 e. The zero-order chi connectivity index (χ0) is 11.5. The maximum atomic E-state index is 11.9. The number of hydrogen-bond acceptors (Lipinski definition) is 1. The molecule has 0 aliphatic heterocycles. The second kappa shape index (κ2) is 4.86. The Morgan fingerprint density at radius 3 is 2.47 bits per heavy atom. The van der Waals surface area contributed by atoms with Gasteiger partial charge in [-0.05, 0) is 18.8 Å². The Labute approximate surface area is 87.2 Å². The van der Waals surface area contributed by atoms with Crippen molar-refractivity contribution in [2.75, 3.05) is 0 Å². The van der Waals surface area contributed by atoms with Gasteiger partial charge in [0, 0.05) is 6.04 Å². The van der Waals surface area contributed by atoms with E-state index in [1.54, 1.807) is 0 Å². The Hall–Kier alpha value is -0.740. The Bertz CT molecular complexity index is 227. The number of halogens is 3. The minimum absolute atomic E-state index is 0.0754. The summed E-state index contributed by atoms with van der Waals surface area (Å²) >= 11 is 0. The smallest absolute Gasteiger partial charge is 0.353 e. The van der Waals surface area contributed by atoms with Crippen molar-refractivity contribution < 1.29 is 18.0 Å². The zero-order valence-corrected chi connectivity index (χ0v) is 8.73. The van der Waals surface area contributed by atoms with Crippen LogP contribution in [-0.4, -0.2) is 18.1 Å². The van der Waals surface area contributed by atoms with Gasteiger partial charge >= 0.3 is 6.18 Å². The lowest BCUT2D eigenvalue weighted by atomic mass is 9.86. The van der Waals surface area contributed by atoms with Gasteiger partial charge in [0.15, 0.2) is 0 Å². The van der Waals surface area contributed by atoms with E-state index < -0.39 is 18.5 Å². The second-order valence-corrected chi connectivity index (χ2v) is 4.23. The van der Waals surface area contributed by atoms with E-state index in [2.05, 4.69) is 5.32 Å². The first kappa shape index (κ1) is 12.3. The molecule has 0 spiro atoms. The van der Waals surface area contributed by atoms with Gasteiger partial charge in [0.1, 0.15) is 6.42 Å². The first-order chi connectivity index (χ1) is 6.88. The molecule has 1 amide bonds. The van der Waals surface area contributed by atoms with Crippen LogP contribution in [0.5, 0.6) is 0 Å². The minimum Gasteiger partial charge on any atom is -0.353 e. The summed E-state index contributed by atoms with van der Waals surface area (Å²) in [5.74, 6) is -0.614. The van der Waals surface area contributed by atoms with Gasteiger partial charge in [-0.2, -0.15) is 13.2 Å². The summed E-state index contributed by atoms with van der Waals surface area (Å²) in [4.78, 5) is 11.0. The molecule has 1 N–H and O–H groups in total. The summed E-state index contributed by atoms with van der Waals surface area (Å²) in [6.45, 7) is 1.97. The van der Waals surface area contributed by atoms with E-state index in [1.807, 2.05) is 6.92 Å². The molecule has 0 aromatic carbocycles. The third kappa shape index (κ3) is 4.53. The molecule has 0 saturated heterocycles. The summed E-state index contributed by atoms with van der Waals surface area (Å²) in [6.07, 6.45) is -1.89. The lowest BCUT2D eigenvalue weighted by molar-refractivity contribution is -0.154. The van der Waals surface area contributed by atoms with Crippen molar-refractivity contribution >= 4 is 5.91 Å². The number of hydrogen-bond donors (Lipinski definition) is 1. The van der Waals surface area contributed by atoms with Gasteiger partial charge in [-0.1, -0.05) is 19.8 Å². The lowest BCUT2D eigenvalue weighted by Gasteiger charge is -2.29. The molecule has 0 unspecified atom stereocenters. The molecule has 0 aromatic rings. The Balaban J connectivity index is 2.36. The maximum absolute atomic E-state index is 11.9. The van der Waals surface area contributed by atoms with Crippen molar-refractivity contribution in [3.05, 3.63) is 0 Å². The average molecular weight is 223 g/mol. The highest BCUT2D eigenvalue weighted by Crippen LogP contribution is 2.25. The van der Waals surface area contributed by atoms with Crippen molar-refractivity contribution in [1.29, 1.82) is 0 Å². The quantitative estimate of drug-likeness (QED) is 0.766. The van der Waals surface area contributed by atoms with E-state index in [-0.39, 0.29) is 12.0 Å². The summed E-state index contributed by atoms with van der Waals surface area (Å²) < 4.78 is 35.7. The van der Waals surface area contributed by atoms with Gasteiger partial charge < -0.3 is 5.32 Å². The van der Waals surface area contributed by atoms with Crippen LogP contribution in [0.4, 0.5) is 13.2 Å². The lowest BCUT2D eigenvalue weighted by Crippen LogP contribution is -2.42. The molecule has 5 heteroatoms. The Morgan fingerprint density at radius 1 is 1.33 bits per heavy atom. The molecule has 0 bridgehead atoms. The summed E-state index contributed by atoms with van der Waals surface area (Å²) in [5.41, 5.74) is 0. The van der Waals surface area contributed by atoms with Crippen LogP contribution in [0.1, 0.15) is 39.0 Å². The molecule has 1 rings (SSSR count). The molecular weight excluding hydrogens is 207 g/mol. The third-order valence-corrected chi connectivity index (χ3v) is 2.82. The molecule has 2 atom stereocenters. The van der Waals surface area contributed by atoms with Crippen LogP contribution in [0.2, 0.25) is 0 Å². The van der Waals surface area contributed by atoms with E-state index in [1.165, 1.54) is 0 Å². The fourth-order valence-electron chi connectivity index (χ4n) is 1.97. The molecule has 15 heavy (non-hydrogen) atoms. The summed E-state index contributed by atoms with van der Waals surface area (Å²) in [7, 11) is 0. The largest absolute Gasteiger partial charge is 0.397 e. The molecule has 88 valence electrons. The van der Waals surface area contributed by atoms with Gasteiger partial charge in [0.25, 0.3) is 0 Å². The van der Waals surface area contributed by atoms with Crippen LogP contribution < -0.4 is 5.32 Å². The standard InChI is InChI=1S/C10H16F3NO/c1-7-4-2-3-5-8(7)14-9(15)6-10(11,12)13/h7-8H,2-6H2,1H3,(H,14,15)/t7-,8+/m1/s1. The van der Waals surface area contributed by atoms with Crippen LogP contribution in [0.15, 0.2) is 0 Å². The Morgan fingerprint density at radius 2 is 1.93 bits per heavy atom. The van der Waals surface area contributed by atoms with Gasteiger partial charge in [-0.3, -0.25) is 4.79 Å². The van der Waals surface area contributed by atoms with E-state index in [9.17, 15) is 18.0 Å². The van der Waals surface area contributed by atoms with Gasteiger partial charge in [0.2, 0.25) is 5.91 Å². The van der Waals surface area contributed by atoms with Crippen molar-refractivity contribution in [2.24, 2.45) is 5.92 Å². The van der Waals surface area contributed by atoms with Crippen LogP contribution in [0, 0.1) is 5.92 Å². The van der Waals surface area contributed by atoms with E-state index >= 15 is 0 Å². The van der Waals surface area contributed by atoms with E-state index in [4.69, 9.17) is 0 Å². The van der Waals surface area contributed by atoms with Gasteiger partial charge in [-0.15, -0.1) is 0 Å². The normalized spacial score (nSPS) is 27.5. The molecule has 1 fully saturated rings. The van der Waals surface area contributed by atoms with Gasteiger partial charge in [-0.25, -0.2) is 0 Å². The highest BCUT2D eigenvalue weighted by molar-refractivity contribution is 5.76. The van der Waals surface area contributed by atoms with E-state index in [0.717, 1.165) is 25.7 Å². The molecule has 1 aliphatic carbocycles. The number of carbonyl (C=O) groups excluding carboxylic acids is 1. The van der Waals surface area contributed by atoms with Crippen LogP contribution in [0.3, 0.4) is 0 Å². The average Bonchev–Trinajstić information content (AvgIpc) is 2.05.